The van der Waals surface area contributed by atoms with E-state index in [-0.39, 0.29) is 5.75 Å². The third-order valence-corrected chi connectivity index (χ3v) is 2.21. The van der Waals surface area contributed by atoms with Crippen molar-refractivity contribution in [1.29, 1.82) is 0 Å². The maximum Gasteiger partial charge on any atom is 0.387 e. The Morgan fingerprint density at radius 2 is 2.00 bits per heavy atom. The van der Waals surface area contributed by atoms with Gasteiger partial charge in [0.05, 0.1) is 6.04 Å². The zero-order valence-corrected chi connectivity index (χ0v) is 9.15. The van der Waals surface area contributed by atoms with Crippen molar-refractivity contribution in [1.82, 2.24) is 5.32 Å². The van der Waals surface area contributed by atoms with Gasteiger partial charge in [-0.25, -0.2) is 0 Å². The highest BCUT2D eigenvalue weighted by atomic mass is 19.3. The number of hydrogen-bond acceptors (Lipinski definition) is 3. The summed E-state index contributed by atoms with van der Waals surface area (Å²) in [6.45, 7) is -1.08. The molecule has 1 amide bonds. The van der Waals surface area contributed by atoms with Crippen molar-refractivity contribution in [3.8, 4) is 5.75 Å². The normalized spacial score (nSPS) is 12.2. The average molecular weight is 244 g/mol. The first-order valence-corrected chi connectivity index (χ1v) is 5.05. The number of amides is 1. The van der Waals surface area contributed by atoms with Crippen molar-refractivity contribution in [2.75, 3.05) is 0 Å². The summed E-state index contributed by atoms with van der Waals surface area (Å²) >= 11 is 0. The minimum atomic E-state index is -2.87. The Bertz CT molecular complexity index is 367. The van der Waals surface area contributed by atoms with Gasteiger partial charge in [0.15, 0.2) is 0 Å². The van der Waals surface area contributed by atoms with Crippen molar-refractivity contribution in [3.63, 3.8) is 0 Å². The summed E-state index contributed by atoms with van der Waals surface area (Å²) in [5.41, 5.74) is 0.665. The van der Waals surface area contributed by atoms with Crippen LogP contribution in [-0.2, 0) is 0 Å². The highest BCUT2D eigenvalue weighted by Gasteiger charge is 2.09. The summed E-state index contributed by atoms with van der Waals surface area (Å²) in [6.07, 6.45) is -0.840. The molecule has 1 N–H and O–H groups in total. The van der Waals surface area contributed by atoms with Crippen LogP contribution < -0.4 is 15.2 Å². The summed E-state index contributed by atoms with van der Waals surface area (Å²) < 4.78 is 28.0. The van der Waals surface area contributed by atoms with Crippen molar-refractivity contribution in [3.05, 3.63) is 29.8 Å². The van der Waals surface area contributed by atoms with E-state index < -0.39 is 18.7 Å². The largest absolute Gasteiger partial charge is 0.530 e. The molecule has 1 aromatic carbocycles. The van der Waals surface area contributed by atoms with E-state index in [1.54, 1.807) is 6.92 Å². The Morgan fingerprint density at radius 1 is 1.41 bits per heavy atom. The monoisotopic (exact) mass is 244 g/mol. The Kier molecular flexibility index (Phi) is 4.68. The minimum Gasteiger partial charge on any atom is -0.530 e. The van der Waals surface area contributed by atoms with Crippen LogP contribution in [0.1, 0.15) is 24.9 Å². The first-order valence-electron chi connectivity index (χ1n) is 5.05. The van der Waals surface area contributed by atoms with E-state index in [4.69, 9.17) is 0 Å². The van der Waals surface area contributed by atoms with Crippen LogP contribution in [0.3, 0.4) is 0 Å². The first-order chi connectivity index (χ1) is 8.02. The van der Waals surface area contributed by atoms with Crippen LogP contribution in [-0.4, -0.2) is 12.7 Å². The van der Waals surface area contributed by atoms with E-state index in [2.05, 4.69) is 10.1 Å². The third kappa shape index (κ3) is 4.26. The number of rotatable bonds is 5. The number of nitrogens with one attached hydrogen (secondary N) is 1. The average Bonchev–Trinajstić information content (AvgIpc) is 2.26. The second kappa shape index (κ2) is 6.03. The first kappa shape index (κ1) is 13.2. The summed E-state index contributed by atoms with van der Waals surface area (Å²) in [4.78, 5) is 10.4. The number of carbonyl (C=O) groups is 1. The molecule has 6 heteroatoms. The standard InChI is InChI=1S/C11H13F2NO3/c1-2-9(14-11(15)16)7-3-5-8(6-4-7)17-10(12)13/h3-6,9-10,14H,2H2,1H3,(H,15,16)/p-1. The summed E-state index contributed by atoms with van der Waals surface area (Å²) in [5, 5.41) is 12.6. The number of halogens is 2. The molecule has 0 aliphatic rings. The van der Waals surface area contributed by atoms with Crippen LogP contribution >= 0.6 is 0 Å². The van der Waals surface area contributed by atoms with Gasteiger partial charge in [0, 0.05) is 0 Å². The van der Waals surface area contributed by atoms with Gasteiger partial charge in [-0.05, 0) is 24.1 Å². The maximum atomic E-state index is 11.9. The smallest absolute Gasteiger partial charge is 0.387 e. The Morgan fingerprint density at radius 3 is 2.41 bits per heavy atom. The number of ether oxygens (including phenoxy) is 1. The molecule has 0 heterocycles. The van der Waals surface area contributed by atoms with Crippen molar-refractivity contribution >= 4 is 6.09 Å². The molecule has 4 nitrogen and oxygen atoms in total. The number of carbonyl (C=O) groups excluding carboxylic acids is 1. The van der Waals surface area contributed by atoms with E-state index in [0.717, 1.165) is 0 Å². The van der Waals surface area contributed by atoms with Gasteiger partial charge in [-0.1, -0.05) is 19.1 Å². The van der Waals surface area contributed by atoms with Crippen LogP contribution in [0.2, 0.25) is 0 Å². The van der Waals surface area contributed by atoms with Crippen LogP contribution in [0.5, 0.6) is 5.75 Å². The maximum absolute atomic E-state index is 11.9. The zero-order chi connectivity index (χ0) is 12.8. The number of hydrogen-bond donors (Lipinski definition) is 1. The van der Waals surface area contributed by atoms with Gasteiger partial charge >= 0.3 is 6.61 Å². The molecule has 0 aromatic heterocycles. The Balaban J connectivity index is 2.74. The highest BCUT2D eigenvalue weighted by molar-refractivity contribution is 5.62. The zero-order valence-electron chi connectivity index (χ0n) is 9.15. The molecule has 0 fully saturated rings. The molecule has 0 aliphatic carbocycles. The fourth-order valence-electron chi connectivity index (χ4n) is 1.44. The summed E-state index contributed by atoms with van der Waals surface area (Å²) in [5.74, 6) is 0.0343. The molecule has 0 bridgehead atoms. The van der Waals surface area contributed by atoms with E-state index in [0.29, 0.717) is 12.0 Å². The molecular weight excluding hydrogens is 232 g/mol. The fourth-order valence-corrected chi connectivity index (χ4v) is 1.44. The van der Waals surface area contributed by atoms with Gasteiger partial charge in [-0.3, -0.25) is 0 Å². The Hall–Kier alpha value is -1.85. The third-order valence-electron chi connectivity index (χ3n) is 2.21. The number of carboxylic acid groups (broad SMARTS) is 1. The molecule has 0 saturated carbocycles. The van der Waals surface area contributed by atoms with E-state index in [1.807, 2.05) is 0 Å². The van der Waals surface area contributed by atoms with E-state index in [1.165, 1.54) is 24.3 Å². The van der Waals surface area contributed by atoms with Gasteiger partial charge in [0.1, 0.15) is 11.8 Å². The SMILES string of the molecule is CCC(NC(=O)[O-])c1ccc(OC(F)F)cc1. The molecular formula is C11H12F2NO3-. The number of benzene rings is 1. The lowest BCUT2D eigenvalue weighted by atomic mass is 10.0. The molecule has 0 radical (unpaired) electrons. The lowest BCUT2D eigenvalue weighted by Gasteiger charge is -2.19. The van der Waals surface area contributed by atoms with E-state index >= 15 is 0 Å². The second-order valence-corrected chi connectivity index (χ2v) is 3.34. The predicted octanol–water partition coefficient (Wildman–Crippen LogP) is 1.67. The lowest BCUT2D eigenvalue weighted by molar-refractivity contribution is -0.251. The molecule has 17 heavy (non-hydrogen) atoms. The summed E-state index contributed by atoms with van der Waals surface area (Å²) in [6, 6.07) is 5.37. The van der Waals surface area contributed by atoms with E-state index in [9.17, 15) is 18.7 Å². The van der Waals surface area contributed by atoms with Crippen molar-refractivity contribution < 1.29 is 23.4 Å². The highest BCUT2D eigenvalue weighted by Crippen LogP contribution is 2.21. The van der Waals surface area contributed by atoms with Gasteiger partial charge in [-0.2, -0.15) is 8.78 Å². The fraction of sp³-hybridized carbons (Fsp3) is 0.364. The van der Waals surface area contributed by atoms with Gasteiger partial charge in [0.25, 0.3) is 0 Å². The number of alkyl halides is 2. The van der Waals surface area contributed by atoms with Gasteiger partial charge in [-0.15, -0.1) is 0 Å². The quantitative estimate of drug-likeness (QED) is 0.857. The molecule has 1 unspecified atom stereocenters. The molecule has 0 spiro atoms. The van der Waals surface area contributed by atoms with Gasteiger partial charge in [0.2, 0.25) is 0 Å². The van der Waals surface area contributed by atoms with Crippen LogP contribution in [0.15, 0.2) is 24.3 Å². The van der Waals surface area contributed by atoms with Crippen LogP contribution in [0, 0.1) is 0 Å². The van der Waals surface area contributed by atoms with Crippen LogP contribution in [0.4, 0.5) is 13.6 Å². The second-order valence-electron chi connectivity index (χ2n) is 3.34. The molecule has 0 saturated heterocycles. The van der Waals surface area contributed by atoms with Crippen LogP contribution in [0.25, 0.3) is 0 Å². The predicted molar refractivity (Wildman–Crippen MR) is 54.6 cm³/mol. The molecule has 0 aliphatic heterocycles. The topological polar surface area (TPSA) is 61.4 Å². The molecule has 94 valence electrons. The van der Waals surface area contributed by atoms with Crippen molar-refractivity contribution in [2.45, 2.75) is 26.0 Å². The molecule has 1 rings (SSSR count). The summed E-state index contributed by atoms with van der Waals surface area (Å²) in [7, 11) is 0. The molecule has 1 aromatic rings. The lowest BCUT2D eigenvalue weighted by Crippen LogP contribution is -2.38. The Labute approximate surface area is 97.2 Å². The van der Waals surface area contributed by atoms with Crippen molar-refractivity contribution in [2.24, 2.45) is 0 Å². The van der Waals surface area contributed by atoms with Gasteiger partial charge < -0.3 is 20.0 Å². The minimum absolute atomic E-state index is 0.0343. The molecule has 1 atom stereocenters.